The Kier molecular flexibility index (Phi) is 3.42. The normalized spacial score (nSPS) is 10.7. The second kappa shape index (κ2) is 4.81. The average molecular weight is 231 g/mol. The number of benzene rings is 1. The van der Waals surface area contributed by atoms with Crippen LogP contribution in [0.15, 0.2) is 29.6 Å². The Labute approximate surface area is 101 Å². The van der Waals surface area contributed by atoms with Gasteiger partial charge in [0.05, 0.1) is 0 Å². The first-order valence-corrected chi connectivity index (χ1v) is 6.50. The Balaban J connectivity index is 2.45. The maximum Gasteiger partial charge on any atom is 0.0192 e. The molecular weight excluding hydrogens is 214 g/mol. The third-order valence-corrected chi connectivity index (χ3v) is 3.88. The Morgan fingerprint density at radius 3 is 2.44 bits per heavy atom. The van der Waals surface area contributed by atoms with E-state index in [9.17, 15) is 0 Å². The van der Waals surface area contributed by atoms with Crippen LogP contribution >= 0.6 is 11.3 Å². The highest BCUT2D eigenvalue weighted by Gasteiger charge is 2.09. The van der Waals surface area contributed by atoms with Crippen molar-refractivity contribution in [1.82, 2.24) is 0 Å². The zero-order valence-corrected chi connectivity index (χ0v) is 10.6. The summed E-state index contributed by atoms with van der Waals surface area (Å²) in [5.41, 5.74) is 11.0. The van der Waals surface area contributed by atoms with Crippen molar-refractivity contribution in [1.29, 1.82) is 0 Å². The van der Waals surface area contributed by atoms with Crippen LogP contribution in [0.25, 0.3) is 11.1 Å². The van der Waals surface area contributed by atoms with E-state index in [4.69, 9.17) is 5.73 Å². The molecule has 0 aliphatic heterocycles. The summed E-state index contributed by atoms with van der Waals surface area (Å²) in [7, 11) is 0. The SMILES string of the molecule is CCc1ccc(-c2c(CN)csc2C)cc1. The Morgan fingerprint density at radius 2 is 1.88 bits per heavy atom. The minimum atomic E-state index is 0.620. The van der Waals surface area contributed by atoms with Gasteiger partial charge in [-0.05, 0) is 41.0 Å². The van der Waals surface area contributed by atoms with Crippen LogP contribution in [0, 0.1) is 6.92 Å². The average Bonchev–Trinajstić information content (AvgIpc) is 2.70. The second-order valence-electron chi connectivity index (χ2n) is 3.95. The van der Waals surface area contributed by atoms with Crippen molar-refractivity contribution in [2.24, 2.45) is 5.73 Å². The Morgan fingerprint density at radius 1 is 1.19 bits per heavy atom. The van der Waals surface area contributed by atoms with E-state index in [0.29, 0.717) is 6.54 Å². The molecule has 2 heteroatoms. The fraction of sp³-hybridized carbons (Fsp3) is 0.286. The number of hydrogen-bond acceptors (Lipinski definition) is 2. The summed E-state index contributed by atoms with van der Waals surface area (Å²) in [6, 6.07) is 8.81. The first-order valence-electron chi connectivity index (χ1n) is 5.62. The second-order valence-corrected chi connectivity index (χ2v) is 5.03. The van der Waals surface area contributed by atoms with E-state index < -0.39 is 0 Å². The molecule has 1 aromatic carbocycles. The Hall–Kier alpha value is -1.12. The zero-order chi connectivity index (χ0) is 11.5. The van der Waals surface area contributed by atoms with Gasteiger partial charge in [-0.3, -0.25) is 0 Å². The van der Waals surface area contributed by atoms with Gasteiger partial charge in [0, 0.05) is 11.4 Å². The molecule has 2 rings (SSSR count). The molecule has 0 fully saturated rings. The largest absolute Gasteiger partial charge is 0.326 e. The molecule has 2 N–H and O–H groups in total. The van der Waals surface area contributed by atoms with Gasteiger partial charge < -0.3 is 5.73 Å². The lowest BCUT2D eigenvalue weighted by molar-refractivity contribution is 1.08. The molecule has 16 heavy (non-hydrogen) atoms. The van der Waals surface area contributed by atoms with Gasteiger partial charge in [-0.15, -0.1) is 11.3 Å². The lowest BCUT2D eigenvalue weighted by Gasteiger charge is -2.05. The molecule has 0 amide bonds. The highest BCUT2D eigenvalue weighted by molar-refractivity contribution is 7.10. The van der Waals surface area contributed by atoms with E-state index in [2.05, 4.69) is 43.5 Å². The maximum atomic E-state index is 5.76. The molecule has 0 saturated heterocycles. The number of hydrogen-bond donors (Lipinski definition) is 1. The summed E-state index contributed by atoms with van der Waals surface area (Å²) >= 11 is 1.78. The van der Waals surface area contributed by atoms with Crippen LogP contribution in [0.3, 0.4) is 0 Å². The van der Waals surface area contributed by atoms with E-state index in [0.717, 1.165) is 6.42 Å². The molecular formula is C14H17NS. The van der Waals surface area contributed by atoms with Crippen LogP contribution < -0.4 is 5.73 Å². The third kappa shape index (κ3) is 2.04. The standard InChI is InChI=1S/C14H17NS/c1-3-11-4-6-12(7-5-11)14-10(2)16-9-13(14)8-15/h4-7,9H,3,8,15H2,1-2H3. The van der Waals surface area contributed by atoms with E-state index in [1.54, 1.807) is 11.3 Å². The summed E-state index contributed by atoms with van der Waals surface area (Å²) in [6.45, 7) is 4.96. The van der Waals surface area contributed by atoms with Crippen molar-refractivity contribution < 1.29 is 0 Å². The van der Waals surface area contributed by atoms with Crippen molar-refractivity contribution >= 4 is 11.3 Å². The first kappa shape index (κ1) is 11.4. The van der Waals surface area contributed by atoms with Gasteiger partial charge in [0.2, 0.25) is 0 Å². The Bertz CT molecular complexity index is 468. The van der Waals surface area contributed by atoms with Crippen molar-refractivity contribution in [3.8, 4) is 11.1 Å². The molecule has 0 radical (unpaired) electrons. The molecule has 1 nitrogen and oxygen atoms in total. The molecule has 1 heterocycles. The summed E-state index contributed by atoms with van der Waals surface area (Å²) in [6.07, 6.45) is 1.09. The molecule has 2 aromatic rings. The highest BCUT2D eigenvalue weighted by atomic mass is 32.1. The molecule has 84 valence electrons. The van der Waals surface area contributed by atoms with E-state index in [1.165, 1.54) is 27.1 Å². The van der Waals surface area contributed by atoms with E-state index >= 15 is 0 Å². The quantitative estimate of drug-likeness (QED) is 0.855. The molecule has 0 aliphatic rings. The molecule has 0 unspecified atom stereocenters. The van der Waals surface area contributed by atoms with E-state index in [-0.39, 0.29) is 0 Å². The number of thiophene rings is 1. The van der Waals surface area contributed by atoms with Crippen LogP contribution in [0.2, 0.25) is 0 Å². The zero-order valence-electron chi connectivity index (χ0n) is 9.79. The number of aryl methyl sites for hydroxylation is 2. The summed E-state index contributed by atoms with van der Waals surface area (Å²) in [5, 5.41) is 2.17. The van der Waals surface area contributed by atoms with Gasteiger partial charge >= 0.3 is 0 Å². The van der Waals surface area contributed by atoms with Crippen molar-refractivity contribution in [2.45, 2.75) is 26.8 Å². The van der Waals surface area contributed by atoms with Gasteiger partial charge in [0.25, 0.3) is 0 Å². The van der Waals surface area contributed by atoms with Crippen LogP contribution in [-0.4, -0.2) is 0 Å². The first-order chi connectivity index (χ1) is 7.76. The summed E-state index contributed by atoms with van der Waals surface area (Å²) in [4.78, 5) is 1.35. The predicted molar refractivity (Wildman–Crippen MR) is 71.8 cm³/mol. The van der Waals surface area contributed by atoms with Gasteiger partial charge in [-0.25, -0.2) is 0 Å². The molecule has 0 spiro atoms. The minimum absolute atomic E-state index is 0.620. The lowest BCUT2D eigenvalue weighted by Crippen LogP contribution is -1.96. The molecule has 0 saturated carbocycles. The third-order valence-electron chi connectivity index (χ3n) is 2.92. The van der Waals surface area contributed by atoms with Crippen molar-refractivity contribution in [3.63, 3.8) is 0 Å². The van der Waals surface area contributed by atoms with E-state index in [1.807, 2.05) is 0 Å². The summed E-state index contributed by atoms with van der Waals surface area (Å²) < 4.78 is 0. The van der Waals surface area contributed by atoms with Crippen molar-refractivity contribution in [3.05, 3.63) is 45.6 Å². The topological polar surface area (TPSA) is 26.0 Å². The smallest absolute Gasteiger partial charge is 0.0192 e. The van der Waals surface area contributed by atoms with Crippen LogP contribution in [-0.2, 0) is 13.0 Å². The molecule has 0 atom stereocenters. The number of nitrogens with two attached hydrogens (primary N) is 1. The van der Waals surface area contributed by atoms with Gasteiger partial charge in [-0.1, -0.05) is 31.2 Å². The molecule has 1 aromatic heterocycles. The maximum absolute atomic E-state index is 5.76. The molecule has 0 bridgehead atoms. The fourth-order valence-electron chi connectivity index (χ4n) is 1.95. The van der Waals surface area contributed by atoms with Gasteiger partial charge in [-0.2, -0.15) is 0 Å². The van der Waals surface area contributed by atoms with Gasteiger partial charge in [0.15, 0.2) is 0 Å². The monoisotopic (exact) mass is 231 g/mol. The minimum Gasteiger partial charge on any atom is -0.326 e. The highest BCUT2D eigenvalue weighted by Crippen LogP contribution is 2.32. The molecule has 0 aliphatic carbocycles. The number of rotatable bonds is 3. The van der Waals surface area contributed by atoms with Gasteiger partial charge in [0.1, 0.15) is 0 Å². The van der Waals surface area contributed by atoms with Crippen LogP contribution in [0.1, 0.15) is 22.9 Å². The van der Waals surface area contributed by atoms with Crippen molar-refractivity contribution in [2.75, 3.05) is 0 Å². The lowest BCUT2D eigenvalue weighted by atomic mass is 10.0. The van der Waals surface area contributed by atoms with Crippen LogP contribution in [0.4, 0.5) is 0 Å². The van der Waals surface area contributed by atoms with Crippen LogP contribution in [0.5, 0.6) is 0 Å². The predicted octanol–water partition coefficient (Wildman–Crippen LogP) is 3.74. The fourth-order valence-corrected chi connectivity index (χ4v) is 2.85. The summed E-state index contributed by atoms with van der Waals surface area (Å²) in [5.74, 6) is 0.